The second-order valence-electron chi connectivity index (χ2n) is 15.5. The Kier molecular flexibility index (Phi) is 9.76. The molecule has 15 heteroatoms. The van der Waals surface area contributed by atoms with E-state index in [-0.39, 0.29) is 24.3 Å². The van der Waals surface area contributed by atoms with Crippen LogP contribution in [0.3, 0.4) is 0 Å². The van der Waals surface area contributed by atoms with E-state index in [1.165, 1.54) is 11.6 Å². The largest absolute Gasteiger partial charge is 0.474 e. The number of hydrogen-bond donors (Lipinski definition) is 3. The first-order valence-corrected chi connectivity index (χ1v) is 19.8. The summed E-state index contributed by atoms with van der Waals surface area (Å²) < 4.78 is 21.1. The van der Waals surface area contributed by atoms with Gasteiger partial charge in [-0.3, -0.25) is 24.7 Å². The molecule has 7 heterocycles. The van der Waals surface area contributed by atoms with Crippen molar-refractivity contribution in [3.05, 3.63) is 88.5 Å². The van der Waals surface area contributed by atoms with Gasteiger partial charge in [0, 0.05) is 107 Å². The smallest absolute Gasteiger partial charge is 0.328 e. The number of benzene rings is 2. The fraction of sp³-hybridized carbons (Fsp3) is 0.405. The number of carbonyl (C=O) groups excluding carboxylic acids is 3. The predicted molar refractivity (Wildman–Crippen MR) is 216 cm³/mol. The minimum Gasteiger partial charge on any atom is -0.474 e. The molecule has 3 N–H and O–H groups in total. The van der Waals surface area contributed by atoms with Gasteiger partial charge in [0.25, 0.3) is 0 Å². The van der Waals surface area contributed by atoms with Crippen molar-refractivity contribution in [3.8, 4) is 5.88 Å². The summed E-state index contributed by atoms with van der Waals surface area (Å²) in [6.07, 6.45) is 4.96. The van der Waals surface area contributed by atoms with Crippen LogP contribution in [0.2, 0.25) is 0 Å². The average molecular weight is 775 g/mol. The van der Waals surface area contributed by atoms with E-state index in [1.807, 2.05) is 42.4 Å². The summed E-state index contributed by atoms with van der Waals surface area (Å²) in [6.45, 7) is 12.1. The highest BCUT2D eigenvalue weighted by molar-refractivity contribution is 6.06. The third kappa shape index (κ3) is 7.39. The van der Waals surface area contributed by atoms with E-state index >= 15 is 4.39 Å². The molecule has 5 aliphatic heterocycles. The van der Waals surface area contributed by atoms with Gasteiger partial charge < -0.3 is 30.1 Å². The lowest BCUT2D eigenvalue weighted by Crippen LogP contribution is -2.64. The topological polar surface area (TPSA) is 139 Å². The van der Waals surface area contributed by atoms with Crippen molar-refractivity contribution >= 4 is 52.1 Å². The van der Waals surface area contributed by atoms with E-state index in [4.69, 9.17) is 4.74 Å². The number of urea groups is 1. The Morgan fingerprint density at radius 2 is 1.75 bits per heavy atom. The Hall–Kier alpha value is -5.96. The van der Waals surface area contributed by atoms with Crippen LogP contribution in [0.5, 0.6) is 5.88 Å². The molecule has 0 saturated carbocycles. The van der Waals surface area contributed by atoms with Crippen LogP contribution in [0.1, 0.15) is 34.2 Å². The van der Waals surface area contributed by atoms with Crippen molar-refractivity contribution in [1.29, 1.82) is 0 Å². The van der Waals surface area contributed by atoms with Crippen LogP contribution in [0.4, 0.5) is 43.4 Å². The zero-order valence-electron chi connectivity index (χ0n) is 32.3. The SMILES string of the molecule is Cc1cc(N2CCN(C3CN(C(=O)Cc4ccc(Nc5cc6c(cn5)CCN(c5cnc7c(c5C)NCCO7)C6)cc4F)C3)CC2)ccc1N1CCC(=O)NC1=O. The second kappa shape index (κ2) is 15.2. The Labute approximate surface area is 331 Å². The number of amides is 4. The number of likely N-dealkylation sites (tertiary alicyclic amines) is 1. The Morgan fingerprint density at radius 3 is 2.54 bits per heavy atom. The zero-order chi connectivity index (χ0) is 39.2. The number of halogens is 1. The molecule has 3 fully saturated rings. The minimum absolute atomic E-state index is 0.0168. The molecular formula is C42H47FN10O4. The molecule has 4 amide bonds. The van der Waals surface area contributed by atoms with Crippen LogP contribution in [-0.2, 0) is 29.0 Å². The van der Waals surface area contributed by atoms with E-state index in [1.54, 1.807) is 17.0 Å². The lowest BCUT2D eigenvalue weighted by atomic mass is 10.0. The normalized spacial score (nSPS) is 18.6. The van der Waals surface area contributed by atoms with Gasteiger partial charge in [-0.1, -0.05) is 6.07 Å². The molecule has 296 valence electrons. The second-order valence-corrected chi connectivity index (χ2v) is 15.5. The van der Waals surface area contributed by atoms with Crippen LogP contribution in [0, 0.1) is 19.7 Å². The van der Waals surface area contributed by atoms with E-state index < -0.39 is 5.82 Å². The monoisotopic (exact) mass is 774 g/mol. The molecule has 3 saturated heterocycles. The van der Waals surface area contributed by atoms with Gasteiger partial charge in [0.1, 0.15) is 23.9 Å². The highest BCUT2D eigenvalue weighted by Gasteiger charge is 2.36. The highest BCUT2D eigenvalue weighted by atomic mass is 19.1. The summed E-state index contributed by atoms with van der Waals surface area (Å²) >= 11 is 0. The number of anilines is 6. The fourth-order valence-electron chi connectivity index (χ4n) is 8.60. The molecule has 0 spiro atoms. The van der Waals surface area contributed by atoms with Gasteiger partial charge in [-0.2, -0.15) is 0 Å². The third-order valence-electron chi connectivity index (χ3n) is 12.0. The molecule has 9 rings (SSSR count). The number of pyridine rings is 2. The molecule has 14 nitrogen and oxygen atoms in total. The summed E-state index contributed by atoms with van der Waals surface area (Å²) in [5, 5.41) is 9.08. The molecule has 0 bridgehead atoms. The minimum atomic E-state index is -0.420. The van der Waals surface area contributed by atoms with Crippen molar-refractivity contribution in [2.24, 2.45) is 0 Å². The maximum absolute atomic E-state index is 15.4. The Bertz CT molecular complexity index is 2240. The summed E-state index contributed by atoms with van der Waals surface area (Å²) in [5.74, 6) is 0.557. The van der Waals surface area contributed by atoms with Gasteiger partial charge >= 0.3 is 6.03 Å². The van der Waals surface area contributed by atoms with Crippen molar-refractivity contribution in [2.45, 2.75) is 45.7 Å². The lowest BCUT2D eigenvalue weighted by Gasteiger charge is -2.48. The maximum Gasteiger partial charge on any atom is 0.328 e. The van der Waals surface area contributed by atoms with Crippen LogP contribution in [0.15, 0.2) is 54.9 Å². The molecule has 0 aliphatic carbocycles. The molecule has 57 heavy (non-hydrogen) atoms. The molecule has 0 radical (unpaired) electrons. The van der Waals surface area contributed by atoms with Gasteiger partial charge in [0.05, 0.1) is 18.3 Å². The van der Waals surface area contributed by atoms with Crippen LogP contribution in [0.25, 0.3) is 0 Å². The third-order valence-corrected chi connectivity index (χ3v) is 12.0. The van der Waals surface area contributed by atoms with Crippen molar-refractivity contribution in [1.82, 2.24) is 25.1 Å². The van der Waals surface area contributed by atoms with E-state index in [9.17, 15) is 14.4 Å². The predicted octanol–water partition coefficient (Wildman–Crippen LogP) is 4.36. The average Bonchev–Trinajstić information content (AvgIpc) is 3.19. The number of fused-ring (bicyclic) bond motifs is 2. The van der Waals surface area contributed by atoms with Crippen LogP contribution < -0.4 is 35.4 Å². The van der Waals surface area contributed by atoms with Gasteiger partial charge in [0.15, 0.2) is 0 Å². The number of hydrogen-bond acceptors (Lipinski definition) is 11. The highest BCUT2D eigenvalue weighted by Crippen LogP contribution is 2.37. The number of nitrogens with zero attached hydrogens (tertiary/aromatic N) is 7. The lowest BCUT2D eigenvalue weighted by molar-refractivity contribution is -0.138. The first-order valence-electron chi connectivity index (χ1n) is 19.8. The van der Waals surface area contributed by atoms with Gasteiger partial charge in [-0.15, -0.1) is 0 Å². The molecule has 0 unspecified atom stereocenters. The molecule has 5 aliphatic rings. The Balaban J connectivity index is 0.750. The van der Waals surface area contributed by atoms with Gasteiger partial charge in [-0.05, 0) is 78.9 Å². The summed E-state index contributed by atoms with van der Waals surface area (Å²) in [4.78, 5) is 56.8. The number of ether oxygens (including phenoxy) is 1. The Morgan fingerprint density at radius 1 is 0.912 bits per heavy atom. The van der Waals surface area contributed by atoms with Crippen LogP contribution in [-0.4, -0.2) is 109 Å². The summed E-state index contributed by atoms with van der Waals surface area (Å²) in [7, 11) is 0. The summed E-state index contributed by atoms with van der Waals surface area (Å²) in [6, 6.07) is 13.0. The molecule has 4 aromatic rings. The zero-order valence-corrected chi connectivity index (χ0v) is 32.3. The van der Waals surface area contributed by atoms with E-state index in [0.29, 0.717) is 68.2 Å². The summed E-state index contributed by atoms with van der Waals surface area (Å²) in [5.41, 5.74) is 9.36. The van der Waals surface area contributed by atoms with Crippen LogP contribution >= 0.6 is 0 Å². The van der Waals surface area contributed by atoms with E-state index in [0.717, 1.165) is 85.1 Å². The van der Waals surface area contributed by atoms with Crippen molar-refractivity contribution in [3.63, 3.8) is 0 Å². The molecule has 0 atom stereocenters. The number of imide groups is 1. The standard InChI is InChI=1S/C42H47FN10O4/c1-26-17-32(5-6-35(26)53-11-8-38(54)48-42(53)56)49-12-14-50(15-13-49)33-24-52(25-33)39(55)19-28-3-4-31(20-34(28)43)47-37-18-30-23-51(10-7-29(30)21-45-37)36-22-46-41-40(27(36)2)44-9-16-57-41/h3-6,17-18,20-22,33,44H,7-16,19,23-25H2,1-2H3,(H,45,47)(H,48,54,56). The first-order chi connectivity index (χ1) is 27.7. The van der Waals surface area contributed by atoms with Gasteiger partial charge in [-0.25, -0.2) is 19.2 Å². The van der Waals surface area contributed by atoms with E-state index in [2.05, 4.69) is 53.6 Å². The maximum atomic E-state index is 15.4. The first kappa shape index (κ1) is 36.7. The van der Waals surface area contributed by atoms with Gasteiger partial charge in [0.2, 0.25) is 17.7 Å². The molecular weight excluding hydrogens is 728 g/mol. The number of aryl methyl sites for hydroxylation is 1. The number of rotatable bonds is 8. The number of piperazine rings is 1. The molecule has 2 aromatic heterocycles. The number of carbonyl (C=O) groups is 3. The van der Waals surface area contributed by atoms with Crippen molar-refractivity contribution in [2.75, 3.05) is 90.8 Å². The number of nitrogens with one attached hydrogen (secondary N) is 3. The fourth-order valence-corrected chi connectivity index (χ4v) is 8.60. The number of aromatic nitrogens is 2. The molecule has 2 aromatic carbocycles. The van der Waals surface area contributed by atoms with Crippen molar-refractivity contribution < 1.29 is 23.5 Å². The quantitative estimate of drug-likeness (QED) is 0.236.